The molecule has 1 atom stereocenters. The fraction of sp³-hybridized carbons (Fsp3) is 0.824. The van der Waals surface area contributed by atoms with E-state index in [4.69, 9.17) is 5.11 Å². The normalized spacial score (nSPS) is 17.9. The Balaban J connectivity index is 2.65. The van der Waals surface area contributed by atoms with E-state index in [2.05, 4.69) is 5.32 Å². The van der Waals surface area contributed by atoms with Gasteiger partial charge in [-0.1, -0.05) is 13.8 Å². The Kier molecular flexibility index (Phi) is 8.01. The van der Waals surface area contributed by atoms with Gasteiger partial charge in [0.1, 0.15) is 0 Å². The molecule has 3 amide bonds. The number of hydrogen-bond donors (Lipinski definition) is 2. The van der Waals surface area contributed by atoms with E-state index in [1.807, 2.05) is 27.7 Å². The molecule has 0 saturated carbocycles. The number of carbonyl (C=O) groups is 3. The highest BCUT2D eigenvalue weighted by Crippen LogP contribution is 2.20. The molecule has 1 heterocycles. The Labute approximate surface area is 144 Å². The van der Waals surface area contributed by atoms with Crippen LogP contribution in [0.4, 0.5) is 4.79 Å². The minimum Gasteiger partial charge on any atom is -0.481 e. The summed E-state index contributed by atoms with van der Waals surface area (Å²) in [5.41, 5.74) is 0. The van der Waals surface area contributed by atoms with Gasteiger partial charge in [0.2, 0.25) is 5.91 Å². The number of aliphatic carboxylic acids is 1. The van der Waals surface area contributed by atoms with Crippen LogP contribution in [0, 0.1) is 11.8 Å². The molecule has 1 fully saturated rings. The second-order valence-electron chi connectivity index (χ2n) is 7.13. The summed E-state index contributed by atoms with van der Waals surface area (Å²) >= 11 is 0. The Bertz CT molecular complexity index is 451. The summed E-state index contributed by atoms with van der Waals surface area (Å²) < 4.78 is 0. The maximum atomic E-state index is 12.8. The summed E-state index contributed by atoms with van der Waals surface area (Å²) in [7, 11) is 0. The average Bonchev–Trinajstić information content (AvgIpc) is 2.52. The molecule has 1 aliphatic heterocycles. The highest BCUT2D eigenvalue weighted by atomic mass is 16.4. The zero-order chi connectivity index (χ0) is 18.3. The molecular weight excluding hydrogens is 310 g/mol. The lowest BCUT2D eigenvalue weighted by Crippen LogP contribution is -2.51. The lowest BCUT2D eigenvalue weighted by Gasteiger charge is -2.36. The standard InChI is InChI=1S/C17H31N3O4/c1-12(2)10-18-17(24)19-8-5-6-14(11-19)16(23)20(13(3)4)9-7-15(21)22/h12-14H,5-11H2,1-4H3,(H,18,24)(H,21,22). The molecular formula is C17H31N3O4. The highest BCUT2D eigenvalue weighted by molar-refractivity contribution is 5.81. The average molecular weight is 341 g/mol. The van der Waals surface area contributed by atoms with Gasteiger partial charge in [0.15, 0.2) is 0 Å². The van der Waals surface area contributed by atoms with Crippen LogP contribution < -0.4 is 5.32 Å². The fourth-order valence-electron chi connectivity index (χ4n) is 2.84. The van der Waals surface area contributed by atoms with Gasteiger partial charge in [0.25, 0.3) is 0 Å². The molecule has 7 nitrogen and oxygen atoms in total. The number of urea groups is 1. The smallest absolute Gasteiger partial charge is 0.317 e. The highest BCUT2D eigenvalue weighted by Gasteiger charge is 2.32. The van der Waals surface area contributed by atoms with Crippen LogP contribution in [0.3, 0.4) is 0 Å². The second-order valence-corrected chi connectivity index (χ2v) is 7.13. The van der Waals surface area contributed by atoms with Crippen molar-refractivity contribution in [2.45, 2.75) is 53.0 Å². The van der Waals surface area contributed by atoms with Gasteiger partial charge in [-0.05, 0) is 32.6 Å². The van der Waals surface area contributed by atoms with Gasteiger partial charge in [-0.2, -0.15) is 0 Å². The van der Waals surface area contributed by atoms with Gasteiger partial charge in [-0.3, -0.25) is 9.59 Å². The molecule has 2 N–H and O–H groups in total. The topological polar surface area (TPSA) is 90.0 Å². The summed E-state index contributed by atoms with van der Waals surface area (Å²) in [4.78, 5) is 39.1. The number of carbonyl (C=O) groups excluding carboxylic acids is 2. The van der Waals surface area contributed by atoms with Crippen molar-refractivity contribution >= 4 is 17.9 Å². The molecule has 1 unspecified atom stereocenters. The maximum Gasteiger partial charge on any atom is 0.317 e. The lowest BCUT2D eigenvalue weighted by atomic mass is 9.96. The summed E-state index contributed by atoms with van der Waals surface area (Å²) in [5, 5.41) is 11.7. The summed E-state index contributed by atoms with van der Waals surface area (Å²) in [6, 6.07) is -0.176. The molecule has 0 spiro atoms. The number of carboxylic acid groups (broad SMARTS) is 1. The first-order valence-electron chi connectivity index (χ1n) is 8.77. The number of nitrogens with one attached hydrogen (secondary N) is 1. The van der Waals surface area contributed by atoms with Crippen LogP contribution in [0.25, 0.3) is 0 Å². The zero-order valence-electron chi connectivity index (χ0n) is 15.2. The summed E-state index contributed by atoms with van der Waals surface area (Å²) in [5.74, 6) is -0.831. The number of piperidine rings is 1. The molecule has 0 aliphatic carbocycles. The quantitative estimate of drug-likeness (QED) is 0.738. The van der Waals surface area contributed by atoms with E-state index >= 15 is 0 Å². The largest absolute Gasteiger partial charge is 0.481 e. The van der Waals surface area contributed by atoms with Crippen LogP contribution in [0.1, 0.15) is 47.0 Å². The second kappa shape index (κ2) is 9.49. The molecule has 1 aliphatic rings. The number of nitrogens with zero attached hydrogens (tertiary/aromatic N) is 2. The molecule has 0 radical (unpaired) electrons. The number of amides is 3. The van der Waals surface area contributed by atoms with Crippen molar-refractivity contribution in [3.63, 3.8) is 0 Å². The van der Waals surface area contributed by atoms with Gasteiger partial charge >= 0.3 is 12.0 Å². The summed E-state index contributed by atoms with van der Waals surface area (Å²) in [6.07, 6.45) is 1.47. The molecule has 1 saturated heterocycles. The first-order chi connectivity index (χ1) is 11.2. The molecule has 0 bridgehead atoms. The van der Waals surface area contributed by atoms with Crippen LogP contribution >= 0.6 is 0 Å². The van der Waals surface area contributed by atoms with E-state index in [0.717, 1.165) is 12.8 Å². The van der Waals surface area contributed by atoms with E-state index in [9.17, 15) is 14.4 Å². The lowest BCUT2D eigenvalue weighted by molar-refractivity contribution is -0.141. The molecule has 0 aromatic heterocycles. The Morgan fingerprint density at radius 1 is 1.25 bits per heavy atom. The first kappa shape index (κ1) is 20.3. The van der Waals surface area contributed by atoms with Crippen LogP contribution in [0.15, 0.2) is 0 Å². The number of likely N-dealkylation sites (tertiary alicyclic amines) is 1. The maximum absolute atomic E-state index is 12.8. The SMILES string of the molecule is CC(C)CNC(=O)N1CCCC(C(=O)N(CCC(=O)O)C(C)C)C1. The van der Waals surface area contributed by atoms with Crippen molar-refractivity contribution in [2.75, 3.05) is 26.2 Å². The molecule has 0 aromatic rings. The number of carboxylic acids is 1. The fourth-order valence-corrected chi connectivity index (χ4v) is 2.84. The third kappa shape index (κ3) is 6.37. The van der Waals surface area contributed by atoms with Crippen LogP contribution in [-0.4, -0.2) is 65.0 Å². The van der Waals surface area contributed by atoms with Crippen molar-refractivity contribution in [3.05, 3.63) is 0 Å². The van der Waals surface area contributed by atoms with E-state index in [0.29, 0.717) is 25.6 Å². The van der Waals surface area contributed by atoms with Gasteiger partial charge in [0.05, 0.1) is 12.3 Å². The minimum atomic E-state index is -0.910. The van der Waals surface area contributed by atoms with Gasteiger partial charge in [-0.15, -0.1) is 0 Å². The molecule has 138 valence electrons. The zero-order valence-corrected chi connectivity index (χ0v) is 15.2. The molecule has 1 rings (SSSR count). The third-order valence-electron chi connectivity index (χ3n) is 4.19. The number of rotatable bonds is 7. The predicted octanol–water partition coefficient (Wildman–Crippen LogP) is 1.78. The van der Waals surface area contributed by atoms with E-state index in [1.165, 1.54) is 0 Å². The van der Waals surface area contributed by atoms with Crippen molar-refractivity contribution in [1.82, 2.24) is 15.1 Å². The van der Waals surface area contributed by atoms with Crippen molar-refractivity contribution in [1.29, 1.82) is 0 Å². The van der Waals surface area contributed by atoms with Gasteiger partial charge in [-0.25, -0.2) is 4.79 Å². The minimum absolute atomic E-state index is 0.0485. The van der Waals surface area contributed by atoms with Crippen LogP contribution in [0.5, 0.6) is 0 Å². The Morgan fingerprint density at radius 2 is 1.92 bits per heavy atom. The van der Waals surface area contributed by atoms with Crippen molar-refractivity contribution in [3.8, 4) is 0 Å². The first-order valence-corrected chi connectivity index (χ1v) is 8.77. The Hall–Kier alpha value is -1.79. The van der Waals surface area contributed by atoms with Crippen molar-refractivity contribution < 1.29 is 19.5 Å². The Morgan fingerprint density at radius 3 is 2.46 bits per heavy atom. The molecule has 24 heavy (non-hydrogen) atoms. The van der Waals surface area contributed by atoms with Crippen LogP contribution in [0.2, 0.25) is 0 Å². The summed E-state index contributed by atoms with van der Waals surface area (Å²) in [6.45, 7) is 9.72. The molecule has 0 aromatic carbocycles. The molecule has 7 heteroatoms. The predicted molar refractivity (Wildman–Crippen MR) is 91.6 cm³/mol. The van der Waals surface area contributed by atoms with E-state index in [1.54, 1.807) is 9.80 Å². The van der Waals surface area contributed by atoms with Gasteiger partial charge < -0.3 is 20.2 Å². The van der Waals surface area contributed by atoms with E-state index in [-0.39, 0.29) is 36.9 Å². The van der Waals surface area contributed by atoms with Gasteiger partial charge in [0, 0.05) is 32.2 Å². The number of hydrogen-bond acceptors (Lipinski definition) is 3. The third-order valence-corrected chi connectivity index (χ3v) is 4.19. The monoisotopic (exact) mass is 341 g/mol. The van der Waals surface area contributed by atoms with E-state index < -0.39 is 5.97 Å². The van der Waals surface area contributed by atoms with Crippen molar-refractivity contribution in [2.24, 2.45) is 11.8 Å². The van der Waals surface area contributed by atoms with Crippen LogP contribution in [-0.2, 0) is 9.59 Å².